The largest absolute Gasteiger partial charge is 0.392 e. The summed E-state index contributed by atoms with van der Waals surface area (Å²) in [6.07, 6.45) is 1.64. The van der Waals surface area contributed by atoms with Crippen LogP contribution in [0.2, 0.25) is 0 Å². The molecule has 2 heterocycles. The van der Waals surface area contributed by atoms with Crippen molar-refractivity contribution in [2.75, 3.05) is 0 Å². The van der Waals surface area contributed by atoms with Gasteiger partial charge in [0.1, 0.15) is 0 Å². The van der Waals surface area contributed by atoms with Crippen molar-refractivity contribution < 1.29 is 5.11 Å². The van der Waals surface area contributed by atoms with Crippen LogP contribution in [-0.4, -0.2) is 26.0 Å². The molecular formula is C13H18BrN3OS. The van der Waals surface area contributed by atoms with Gasteiger partial charge in [0.15, 0.2) is 0 Å². The van der Waals surface area contributed by atoms with E-state index >= 15 is 0 Å². The smallest absolute Gasteiger partial charge is 0.0954 e. The first-order valence-corrected chi connectivity index (χ1v) is 7.97. The molecule has 0 aliphatic heterocycles. The zero-order valence-electron chi connectivity index (χ0n) is 11.4. The third-order valence-electron chi connectivity index (χ3n) is 3.01. The second-order valence-corrected chi connectivity index (χ2v) is 6.36. The highest BCUT2D eigenvalue weighted by Gasteiger charge is 2.17. The normalized spacial score (nSPS) is 12.9. The molecule has 0 spiro atoms. The fourth-order valence-corrected chi connectivity index (χ4v) is 3.66. The lowest BCUT2D eigenvalue weighted by atomic mass is 10.1. The maximum atomic E-state index is 10.2. The van der Waals surface area contributed by atoms with E-state index in [0.29, 0.717) is 12.8 Å². The van der Waals surface area contributed by atoms with Gasteiger partial charge in [-0.25, -0.2) is 4.98 Å². The Morgan fingerprint density at radius 3 is 2.74 bits per heavy atom. The molecule has 2 aromatic rings. The zero-order valence-corrected chi connectivity index (χ0v) is 13.8. The van der Waals surface area contributed by atoms with Gasteiger partial charge in [-0.2, -0.15) is 5.10 Å². The van der Waals surface area contributed by atoms with Crippen LogP contribution in [0.25, 0.3) is 0 Å². The number of hydrogen-bond acceptors (Lipinski definition) is 4. The van der Waals surface area contributed by atoms with E-state index in [1.807, 2.05) is 24.0 Å². The number of rotatable bonds is 5. The highest BCUT2D eigenvalue weighted by molar-refractivity contribution is 9.10. The number of aliphatic hydroxyl groups excluding tert-OH is 1. The van der Waals surface area contributed by atoms with Gasteiger partial charge < -0.3 is 5.11 Å². The summed E-state index contributed by atoms with van der Waals surface area (Å²) in [6, 6.07) is 0. The molecule has 1 unspecified atom stereocenters. The van der Waals surface area contributed by atoms with Crippen LogP contribution in [0.15, 0.2) is 9.85 Å². The fourth-order valence-electron chi connectivity index (χ4n) is 2.03. The number of aliphatic hydroxyl groups is 1. The Balaban J connectivity index is 2.06. The van der Waals surface area contributed by atoms with E-state index in [2.05, 4.69) is 32.9 Å². The lowest BCUT2D eigenvalue weighted by Gasteiger charge is -2.09. The Labute approximate surface area is 125 Å². The highest BCUT2D eigenvalue weighted by atomic mass is 79.9. The second kappa shape index (κ2) is 6.15. The summed E-state index contributed by atoms with van der Waals surface area (Å²) in [4.78, 5) is 4.38. The van der Waals surface area contributed by atoms with Crippen LogP contribution in [0.4, 0.5) is 0 Å². The fraction of sp³-hybridized carbons (Fsp3) is 0.538. The van der Waals surface area contributed by atoms with Gasteiger partial charge in [0, 0.05) is 31.0 Å². The third kappa shape index (κ3) is 3.43. The lowest BCUT2D eigenvalue weighted by Crippen LogP contribution is -2.16. The molecular weight excluding hydrogens is 326 g/mol. The van der Waals surface area contributed by atoms with E-state index < -0.39 is 6.10 Å². The quantitative estimate of drug-likeness (QED) is 0.907. The third-order valence-corrected chi connectivity index (χ3v) is 4.91. The van der Waals surface area contributed by atoms with Crippen molar-refractivity contribution in [1.82, 2.24) is 14.8 Å². The summed E-state index contributed by atoms with van der Waals surface area (Å²) in [6.45, 7) is 4.04. The number of thiazole rings is 1. The standard InChI is InChI=1S/C13H18BrN3OS/c1-4-10-13(14)11(17(3)16-10)5-9(18)6-12-15-8(2)7-19-12/h7,9,18H,4-6H2,1-3H3. The first-order valence-electron chi connectivity index (χ1n) is 6.30. The molecule has 2 aromatic heterocycles. The summed E-state index contributed by atoms with van der Waals surface area (Å²) in [5.41, 5.74) is 3.09. The maximum Gasteiger partial charge on any atom is 0.0954 e. The van der Waals surface area contributed by atoms with Gasteiger partial charge in [0.05, 0.1) is 27.0 Å². The van der Waals surface area contributed by atoms with Crippen LogP contribution in [0.1, 0.15) is 29.0 Å². The van der Waals surface area contributed by atoms with Crippen molar-refractivity contribution in [1.29, 1.82) is 0 Å². The van der Waals surface area contributed by atoms with E-state index in [1.165, 1.54) is 0 Å². The summed E-state index contributed by atoms with van der Waals surface area (Å²) in [7, 11) is 1.92. The monoisotopic (exact) mass is 343 g/mol. The minimum absolute atomic E-state index is 0.429. The van der Waals surface area contributed by atoms with E-state index in [0.717, 1.165) is 33.0 Å². The average molecular weight is 344 g/mol. The van der Waals surface area contributed by atoms with Crippen molar-refractivity contribution in [2.45, 2.75) is 39.2 Å². The minimum atomic E-state index is -0.429. The SMILES string of the molecule is CCc1nn(C)c(CC(O)Cc2nc(C)cs2)c1Br. The molecule has 1 atom stereocenters. The first kappa shape index (κ1) is 14.7. The average Bonchev–Trinajstić information content (AvgIpc) is 2.87. The van der Waals surface area contributed by atoms with Gasteiger partial charge in [-0.15, -0.1) is 11.3 Å². The number of hydrogen-bond donors (Lipinski definition) is 1. The lowest BCUT2D eigenvalue weighted by molar-refractivity contribution is 0.172. The van der Waals surface area contributed by atoms with E-state index in [4.69, 9.17) is 0 Å². The van der Waals surface area contributed by atoms with Gasteiger partial charge in [0.25, 0.3) is 0 Å². The van der Waals surface area contributed by atoms with Crippen LogP contribution < -0.4 is 0 Å². The Kier molecular flexibility index (Phi) is 4.76. The first-order chi connectivity index (χ1) is 9.01. The van der Waals surface area contributed by atoms with Crippen LogP contribution >= 0.6 is 27.3 Å². The van der Waals surface area contributed by atoms with Crippen molar-refractivity contribution in [3.05, 3.63) is 31.9 Å². The Morgan fingerprint density at radius 2 is 2.21 bits per heavy atom. The molecule has 4 nitrogen and oxygen atoms in total. The van der Waals surface area contributed by atoms with Crippen LogP contribution in [0.5, 0.6) is 0 Å². The van der Waals surface area contributed by atoms with Gasteiger partial charge in [-0.1, -0.05) is 6.92 Å². The van der Waals surface area contributed by atoms with Crippen molar-refractivity contribution in [3.63, 3.8) is 0 Å². The molecule has 2 rings (SSSR count). The zero-order chi connectivity index (χ0) is 14.0. The second-order valence-electron chi connectivity index (χ2n) is 4.63. The van der Waals surface area contributed by atoms with Gasteiger partial charge in [-0.05, 0) is 29.3 Å². The molecule has 0 amide bonds. The highest BCUT2D eigenvalue weighted by Crippen LogP contribution is 2.23. The van der Waals surface area contributed by atoms with Crippen LogP contribution in [-0.2, 0) is 26.3 Å². The minimum Gasteiger partial charge on any atom is -0.392 e. The molecule has 0 saturated carbocycles. The van der Waals surface area contributed by atoms with E-state index in [1.54, 1.807) is 11.3 Å². The molecule has 104 valence electrons. The number of aromatic nitrogens is 3. The number of aryl methyl sites for hydroxylation is 3. The predicted octanol–water partition coefficient (Wildman–Crippen LogP) is 2.66. The van der Waals surface area contributed by atoms with E-state index in [-0.39, 0.29) is 0 Å². The molecule has 0 aromatic carbocycles. The Hall–Kier alpha value is -0.720. The van der Waals surface area contributed by atoms with Crippen LogP contribution in [0, 0.1) is 6.92 Å². The van der Waals surface area contributed by atoms with Crippen molar-refractivity contribution in [3.8, 4) is 0 Å². The van der Waals surface area contributed by atoms with Crippen LogP contribution in [0.3, 0.4) is 0 Å². The Bertz CT molecular complexity index is 564. The molecule has 0 saturated heterocycles. The molecule has 0 fully saturated rings. The van der Waals surface area contributed by atoms with Gasteiger partial charge >= 0.3 is 0 Å². The predicted molar refractivity (Wildman–Crippen MR) is 80.6 cm³/mol. The number of halogens is 1. The van der Waals surface area contributed by atoms with Crippen molar-refractivity contribution >= 4 is 27.3 Å². The summed E-state index contributed by atoms with van der Waals surface area (Å²) >= 11 is 5.17. The summed E-state index contributed by atoms with van der Waals surface area (Å²) in [5, 5.41) is 17.6. The van der Waals surface area contributed by atoms with Gasteiger partial charge in [-0.3, -0.25) is 4.68 Å². The maximum absolute atomic E-state index is 10.2. The number of nitrogens with zero attached hydrogens (tertiary/aromatic N) is 3. The molecule has 0 radical (unpaired) electrons. The summed E-state index contributed by atoms with van der Waals surface area (Å²) in [5.74, 6) is 0. The Morgan fingerprint density at radius 1 is 1.47 bits per heavy atom. The molecule has 19 heavy (non-hydrogen) atoms. The topological polar surface area (TPSA) is 50.9 Å². The molecule has 0 aliphatic carbocycles. The van der Waals surface area contributed by atoms with Crippen molar-refractivity contribution in [2.24, 2.45) is 7.05 Å². The molecule has 6 heteroatoms. The molecule has 0 aliphatic rings. The molecule has 1 N–H and O–H groups in total. The molecule has 0 bridgehead atoms. The summed E-state index contributed by atoms with van der Waals surface area (Å²) < 4.78 is 2.87. The van der Waals surface area contributed by atoms with E-state index in [9.17, 15) is 5.11 Å². The van der Waals surface area contributed by atoms with Gasteiger partial charge in [0.2, 0.25) is 0 Å².